The van der Waals surface area contributed by atoms with Crippen molar-refractivity contribution in [2.45, 2.75) is 26.0 Å². The molecule has 0 aromatic carbocycles. The zero-order chi connectivity index (χ0) is 12.7. The van der Waals surface area contributed by atoms with Gasteiger partial charge in [-0.2, -0.15) is 0 Å². The van der Waals surface area contributed by atoms with E-state index in [2.05, 4.69) is 20.6 Å². The number of anilines is 2. The molecule has 0 amide bonds. The van der Waals surface area contributed by atoms with E-state index in [4.69, 9.17) is 9.84 Å². The van der Waals surface area contributed by atoms with E-state index in [9.17, 15) is 0 Å². The number of nitrogens with one attached hydrogen (secondary N) is 2. The van der Waals surface area contributed by atoms with E-state index >= 15 is 0 Å². The number of rotatable bonds is 7. The third-order valence-electron chi connectivity index (χ3n) is 2.26. The van der Waals surface area contributed by atoms with Crippen LogP contribution in [0.25, 0.3) is 0 Å². The van der Waals surface area contributed by atoms with Gasteiger partial charge in [0.05, 0.1) is 0 Å². The molecule has 96 valence electrons. The molecule has 0 bridgehead atoms. The van der Waals surface area contributed by atoms with Gasteiger partial charge < -0.3 is 20.5 Å². The molecule has 1 rings (SSSR count). The van der Waals surface area contributed by atoms with Crippen LogP contribution in [0.15, 0.2) is 6.07 Å². The van der Waals surface area contributed by atoms with Gasteiger partial charge in [0.1, 0.15) is 18.2 Å². The number of aromatic nitrogens is 2. The van der Waals surface area contributed by atoms with Gasteiger partial charge in [-0.25, -0.2) is 9.97 Å². The highest BCUT2D eigenvalue weighted by atomic mass is 16.5. The van der Waals surface area contributed by atoms with E-state index in [-0.39, 0.29) is 12.6 Å². The average molecular weight is 240 g/mol. The predicted octanol–water partition coefficient (Wildman–Crippen LogP) is 0.847. The van der Waals surface area contributed by atoms with E-state index < -0.39 is 0 Å². The Hall–Kier alpha value is -1.40. The van der Waals surface area contributed by atoms with Crippen LogP contribution in [0.2, 0.25) is 0 Å². The fourth-order valence-electron chi connectivity index (χ4n) is 1.41. The smallest absolute Gasteiger partial charge is 0.158 e. The second kappa shape index (κ2) is 7.03. The molecule has 6 heteroatoms. The summed E-state index contributed by atoms with van der Waals surface area (Å²) < 4.78 is 5.01. The van der Waals surface area contributed by atoms with Crippen molar-refractivity contribution >= 4 is 11.6 Å². The molecule has 0 spiro atoms. The molecule has 0 saturated carbocycles. The molecule has 0 aliphatic carbocycles. The lowest BCUT2D eigenvalue weighted by atomic mass is 10.2. The second-order valence-electron chi connectivity index (χ2n) is 3.80. The second-order valence-corrected chi connectivity index (χ2v) is 3.80. The Labute approximate surface area is 101 Å². The summed E-state index contributed by atoms with van der Waals surface area (Å²) in [4.78, 5) is 8.58. The zero-order valence-electron chi connectivity index (χ0n) is 10.5. The Kier molecular flexibility index (Phi) is 5.65. The van der Waals surface area contributed by atoms with Gasteiger partial charge in [0.15, 0.2) is 5.82 Å². The summed E-state index contributed by atoms with van der Waals surface area (Å²) in [6.45, 7) is 2.52. The van der Waals surface area contributed by atoms with Gasteiger partial charge >= 0.3 is 0 Å². The lowest BCUT2D eigenvalue weighted by Crippen LogP contribution is -2.18. The van der Waals surface area contributed by atoms with Crippen LogP contribution < -0.4 is 10.6 Å². The first-order valence-electron chi connectivity index (χ1n) is 5.61. The maximum atomic E-state index is 8.85. The summed E-state index contributed by atoms with van der Waals surface area (Å²) >= 11 is 0. The molecule has 1 heterocycles. The van der Waals surface area contributed by atoms with Crippen molar-refractivity contribution in [3.05, 3.63) is 11.9 Å². The van der Waals surface area contributed by atoms with Crippen molar-refractivity contribution in [1.29, 1.82) is 0 Å². The van der Waals surface area contributed by atoms with E-state index in [1.54, 1.807) is 14.2 Å². The first kappa shape index (κ1) is 13.7. The topological polar surface area (TPSA) is 79.3 Å². The molecule has 0 fully saturated rings. The summed E-state index contributed by atoms with van der Waals surface area (Å²) in [5.74, 6) is 2.10. The van der Waals surface area contributed by atoms with Gasteiger partial charge in [0.2, 0.25) is 0 Å². The number of aliphatic hydroxyl groups is 1. The van der Waals surface area contributed by atoms with Crippen molar-refractivity contribution < 1.29 is 9.84 Å². The number of aliphatic hydroxyl groups excluding tert-OH is 1. The van der Waals surface area contributed by atoms with Crippen molar-refractivity contribution in [1.82, 2.24) is 9.97 Å². The van der Waals surface area contributed by atoms with Crippen molar-refractivity contribution in [3.8, 4) is 0 Å². The fraction of sp³-hybridized carbons (Fsp3) is 0.636. The molecule has 1 aromatic heterocycles. The maximum absolute atomic E-state index is 8.85. The molecule has 1 unspecified atom stereocenters. The summed E-state index contributed by atoms with van der Waals surface area (Å²) in [7, 11) is 3.41. The van der Waals surface area contributed by atoms with Crippen molar-refractivity contribution in [3.63, 3.8) is 0 Å². The molecular weight excluding hydrogens is 220 g/mol. The summed E-state index contributed by atoms with van der Waals surface area (Å²) in [5.41, 5.74) is 0. The monoisotopic (exact) mass is 240 g/mol. The maximum Gasteiger partial charge on any atom is 0.158 e. The van der Waals surface area contributed by atoms with Crippen molar-refractivity contribution in [2.75, 3.05) is 31.4 Å². The molecule has 0 aliphatic rings. The SMILES string of the molecule is CNc1cc(NC(C)CCO)nc(COC)n1. The van der Waals surface area contributed by atoms with Crippen LogP contribution in [0, 0.1) is 0 Å². The molecule has 17 heavy (non-hydrogen) atoms. The summed E-state index contributed by atoms with van der Waals surface area (Å²) in [5, 5.41) is 15.0. The van der Waals surface area contributed by atoms with Crippen LogP contribution in [-0.2, 0) is 11.3 Å². The fourth-order valence-corrected chi connectivity index (χ4v) is 1.41. The van der Waals surface area contributed by atoms with Gasteiger partial charge in [-0.15, -0.1) is 0 Å². The van der Waals surface area contributed by atoms with Crippen LogP contribution in [0.3, 0.4) is 0 Å². The van der Waals surface area contributed by atoms with Crippen LogP contribution in [0.1, 0.15) is 19.2 Å². The zero-order valence-corrected chi connectivity index (χ0v) is 10.5. The van der Waals surface area contributed by atoms with E-state index in [0.717, 1.165) is 11.6 Å². The highest BCUT2D eigenvalue weighted by Crippen LogP contribution is 2.13. The largest absolute Gasteiger partial charge is 0.396 e. The summed E-state index contributed by atoms with van der Waals surface area (Å²) in [6, 6.07) is 1.99. The van der Waals surface area contributed by atoms with E-state index in [1.165, 1.54) is 0 Å². The van der Waals surface area contributed by atoms with Crippen LogP contribution in [0.5, 0.6) is 0 Å². The Bertz CT molecular complexity index is 346. The van der Waals surface area contributed by atoms with Gasteiger partial charge in [-0.05, 0) is 13.3 Å². The molecule has 1 aromatic rings. The first-order chi connectivity index (χ1) is 8.19. The first-order valence-corrected chi connectivity index (χ1v) is 5.61. The van der Waals surface area contributed by atoms with Gasteiger partial charge in [-0.3, -0.25) is 0 Å². The van der Waals surface area contributed by atoms with E-state index in [1.807, 2.05) is 13.0 Å². The third kappa shape index (κ3) is 4.54. The van der Waals surface area contributed by atoms with Gasteiger partial charge in [-0.1, -0.05) is 0 Å². The predicted molar refractivity (Wildman–Crippen MR) is 67.1 cm³/mol. The Morgan fingerprint density at radius 1 is 1.41 bits per heavy atom. The van der Waals surface area contributed by atoms with Gasteiger partial charge in [0, 0.05) is 32.9 Å². The third-order valence-corrected chi connectivity index (χ3v) is 2.26. The number of hydrogen-bond donors (Lipinski definition) is 3. The lowest BCUT2D eigenvalue weighted by molar-refractivity contribution is 0.178. The highest BCUT2D eigenvalue weighted by Gasteiger charge is 2.06. The van der Waals surface area contributed by atoms with Crippen LogP contribution in [0.4, 0.5) is 11.6 Å². The minimum atomic E-state index is 0.156. The minimum Gasteiger partial charge on any atom is -0.396 e. The average Bonchev–Trinajstić information content (AvgIpc) is 2.29. The molecule has 1 atom stereocenters. The minimum absolute atomic E-state index is 0.156. The number of ether oxygens (including phenoxy) is 1. The normalized spacial score (nSPS) is 12.2. The molecule has 0 radical (unpaired) electrons. The summed E-state index contributed by atoms with van der Waals surface area (Å²) in [6.07, 6.45) is 0.679. The molecule has 3 N–H and O–H groups in total. The Morgan fingerprint density at radius 2 is 2.12 bits per heavy atom. The van der Waals surface area contributed by atoms with Crippen LogP contribution >= 0.6 is 0 Å². The van der Waals surface area contributed by atoms with Gasteiger partial charge in [0.25, 0.3) is 0 Å². The standard InChI is InChI=1S/C11H20N4O2/c1-8(4-5-16)13-10-6-9(12-2)14-11(15-10)7-17-3/h6,8,16H,4-5,7H2,1-3H3,(H2,12,13,14,15). The number of methoxy groups -OCH3 is 1. The van der Waals surface area contributed by atoms with Crippen molar-refractivity contribution in [2.24, 2.45) is 0 Å². The Morgan fingerprint density at radius 3 is 2.71 bits per heavy atom. The number of hydrogen-bond acceptors (Lipinski definition) is 6. The van der Waals surface area contributed by atoms with Crippen LogP contribution in [-0.4, -0.2) is 41.9 Å². The Balaban J connectivity index is 2.79. The molecule has 0 aliphatic heterocycles. The lowest BCUT2D eigenvalue weighted by Gasteiger charge is -2.14. The molecule has 0 saturated heterocycles. The quantitative estimate of drug-likeness (QED) is 0.655. The number of nitrogens with zero attached hydrogens (tertiary/aromatic N) is 2. The van der Waals surface area contributed by atoms with E-state index in [0.29, 0.717) is 18.9 Å². The molecular formula is C11H20N4O2. The molecule has 6 nitrogen and oxygen atoms in total. The highest BCUT2D eigenvalue weighted by molar-refractivity contribution is 5.47.